The van der Waals surface area contributed by atoms with E-state index in [9.17, 15) is 30.4 Å². The highest BCUT2D eigenvalue weighted by atomic mass is 32.2. The van der Waals surface area contributed by atoms with Gasteiger partial charge in [0.1, 0.15) is 23.1 Å². The van der Waals surface area contributed by atoms with Gasteiger partial charge in [-0.15, -0.1) is 0 Å². The second kappa shape index (κ2) is 17.3. The molecule has 1 aliphatic rings. The molecule has 296 valence electrons. The van der Waals surface area contributed by atoms with Gasteiger partial charge in [-0.3, -0.25) is 13.6 Å². The van der Waals surface area contributed by atoms with Crippen molar-refractivity contribution in [3.63, 3.8) is 0 Å². The van der Waals surface area contributed by atoms with E-state index in [1.807, 2.05) is 4.90 Å². The van der Waals surface area contributed by atoms with Gasteiger partial charge in [0.15, 0.2) is 0 Å². The Morgan fingerprint density at radius 3 is 1.65 bits per heavy atom. The third kappa shape index (κ3) is 10.7. The smallest absolute Gasteiger partial charge is 0.410 e. The number of ether oxygens (including phenoxy) is 1. The number of anilines is 3. The summed E-state index contributed by atoms with van der Waals surface area (Å²) < 4.78 is 89.2. The lowest BCUT2D eigenvalue weighted by Crippen LogP contribution is -2.52. The zero-order chi connectivity index (χ0) is 40.0. The number of nitrogens with zero attached hydrogens (tertiary/aromatic N) is 6. The molecule has 0 spiro atoms. The zero-order valence-corrected chi connectivity index (χ0v) is 33.4. The molecule has 0 radical (unpaired) electrons. The minimum absolute atomic E-state index is 0.0107. The molecule has 2 aromatic carbocycles. The summed E-state index contributed by atoms with van der Waals surface area (Å²) in [5.41, 5.74) is 1.67. The van der Waals surface area contributed by atoms with Gasteiger partial charge in [0.2, 0.25) is 20.0 Å². The summed E-state index contributed by atoms with van der Waals surface area (Å²) in [5, 5.41) is 0. The topological polar surface area (TPSA) is 133 Å². The molecule has 4 aromatic rings. The minimum atomic E-state index is -3.76. The predicted molar refractivity (Wildman–Crippen MR) is 210 cm³/mol. The van der Waals surface area contributed by atoms with Crippen LogP contribution in [-0.4, -0.2) is 74.5 Å². The SMILES string of the molecule is CCCS(=O)(=O)N(Cc1ccc(F)cc1)c1ccc(C2CN(C(=O)OC(C)(C)C)CCN2c2ccc(N(Cc3ccc(F)cc3)S(=O)(=O)CCC)cn2)nc1. The van der Waals surface area contributed by atoms with Crippen LogP contribution in [0.1, 0.15) is 70.3 Å². The Bertz CT molecular complexity index is 2120. The average Bonchev–Trinajstić information content (AvgIpc) is 3.13. The van der Waals surface area contributed by atoms with Gasteiger partial charge in [0.05, 0.1) is 66.6 Å². The summed E-state index contributed by atoms with van der Waals surface area (Å²) >= 11 is 0. The van der Waals surface area contributed by atoms with Gasteiger partial charge in [-0.2, -0.15) is 0 Å². The van der Waals surface area contributed by atoms with Crippen molar-refractivity contribution in [1.29, 1.82) is 0 Å². The summed E-state index contributed by atoms with van der Waals surface area (Å²) in [6.07, 6.45) is 3.25. The van der Waals surface area contributed by atoms with Gasteiger partial charge in [0, 0.05) is 13.1 Å². The Morgan fingerprint density at radius 2 is 1.24 bits per heavy atom. The van der Waals surface area contributed by atoms with Crippen molar-refractivity contribution < 1.29 is 35.1 Å². The maximum atomic E-state index is 13.6. The van der Waals surface area contributed by atoms with Crippen molar-refractivity contribution in [2.75, 3.05) is 44.7 Å². The normalized spacial score (nSPS) is 15.1. The number of hydrogen-bond donors (Lipinski definition) is 0. The average molecular weight is 799 g/mol. The first-order chi connectivity index (χ1) is 26.0. The van der Waals surface area contributed by atoms with Crippen LogP contribution in [0.4, 0.5) is 30.8 Å². The standard InChI is InChI=1S/C39H48F2N6O6S2/c1-6-22-54(49,50)46(26-29-8-12-31(40)13-9-29)33-16-18-35(42-24-33)36-28-44(38(48)53-39(3,4)5)20-21-45(36)37-19-17-34(25-43-37)47(55(51,52)23-7-2)27-30-10-14-32(41)15-11-30/h8-19,24-25,36H,6-7,20-23,26-28H2,1-5H3. The number of rotatable bonds is 14. The van der Waals surface area contributed by atoms with E-state index in [-0.39, 0.29) is 31.1 Å². The molecule has 12 nitrogen and oxygen atoms in total. The second-order valence-corrected chi connectivity index (χ2v) is 18.4. The molecule has 0 N–H and O–H groups in total. The molecule has 55 heavy (non-hydrogen) atoms. The highest BCUT2D eigenvalue weighted by Crippen LogP contribution is 2.33. The molecule has 0 bridgehead atoms. The van der Waals surface area contributed by atoms with Crippen molar-refractivity contribution in [3.8, 4) is 0 Å². The van der Waals surface area contributed by atoms with Gasteiger partial charge in [0.25, 0.3) is 0 Å². The second-order valence-electron chi connectivity index (χ2n) is 14.3. The van der Waals surface area contributed by atoms with Crippen LogP contribution in [0.2, 0.25) is 0 Å². The fourth-order valence-electron chi connectivity index (χ4n) is 6.19. The number of benzene rings is 2. The lowest BCUT2D eigenvalue weighted by atomic mass is 10.1. The molecule has 1 aliphatic heterocycles. The van der Waals surface area contributed by atoms with Crippen LogP contribution in [0.3, 0.4) is 0 Å². The van der Waals surface area contributed by atoms with Gasteiger partial charge < -0.3 is 14.5 Å². The van der Waals surface area contributed by atoms with Gasteiger partial charge in [-0.25, -0.2) is 35.4 Å². The van der Waals surface area contributed by atoms with E-state index in [0.29, 0.717) is 59.9 Å². The third-order valence-electron chi connectivity index (χ3n) is 8.82. The quantitative estimate of drug-likeness (QED) is 0.132. The van der Waals surface area contributed by atoms with Gasteiger partial charge >= 0.3 is 6.09 Å². The molecule has 1 unspecified atom stereocenters. The lowest BCUT2D eigenvalue weighted by Gasteiger charge is -2.42. The summed E-state index contributed by atoms with van der Waals surface area (Å²) in [5.74, 6) is -0.537. The van der Waals surface area contributed by atoms with Crippen LogP contribution in [0.5, 0.6) is 0 Å². The molecule has 5 rings (SSSR count). The van der Waals surface area contributed by atoms with Crippen molar-refractivity contribution in [3.05, 3.63) is 114 Å². The number of piperazine rings is 1. The van der Waals surface area contributed by atoms with Crippen LogP contribution < -0.4 is 13.5 Å². The molecular weight excluding hydrogens is 751 g/mol. The van der Waals surface area contributed by atoms with Crippen LogP contribution in [-0.2, 0) is 37.9 Å². The number of carbonyl (C=O) groups is 1. The summed E-state index contributed by atoms with van der Waals surface area (Å²) in [6.45, 7) is 9.68. The first-order valence-corrected chi connectivity index (χ1v) is 21.4. The van der Waals surface area contributed by atoms with E-state index < -0.39 is 49.4 Å². The van der Waals surface area contributed by atoms with Crippen molar-refractivity contribution >= 4 is 43.3 Å². The first kappa shape index (κ1) is 41.3. The van der Waals surface area contributed by atoms with E-state index in [4.69, 9.17) is 14.7 Å². The maximum Gasteiger partial charge on any atom is 0.410 e. The Morgan fingerprint density at radius 1 is 0.745 bits per heavy atom. The fourth-order valence-corrected chi connectivity index (χ4v) is 9.21. The number of hydrogen-bond acceptors (Lipinski definition) is 9. The summed E-state index contributed by atoms with van der Waals surface area (Å²) in [4.78, 5) is 26.2. The Hall–Kier alpha value is -4.83. The zero-order valence-electron chi connectivity index (χ0n) is 31.7. The van der Waals surface area contributed by atoms with E-state index in [1.165, 1.54) is 57.4 Å². The predicted octanol–water partition coefficient (Wildman–Crippen LogP) is 7.05. The molecule has 16 heteroatoms. The van der Waals surface area contributed by atoms with Crippen LogP contribution in [0.15, 0.2) is 85.2 Å². The molecule has 1 atom stereocenters. The largest absolute Gasteiger partial charge is 0.444 e. The highest BCUT2D eigenvalue weighted by Gasteiger charge is 2.35. The van der Waals surface area contributed by atoms with Gasteiger partial charge in [-0.05, 0) is 93.3 Å². The number of halogens is 2. The van der Waals surface area contributed by atoms with Crippen molar-refractivity contribution in [1.82, 2.24) is 14.9 Å². The van der Waals surface area contributed by atoms with E-state index in [0.717, 1.165) is 0 Å². The molecule has 1 fully saturated rings. The van der Waals surface area contributed by atoms with E-state index >= 15 is 0 Å². The number of sulfonamides is 2. The molecule has 0 aliphatic carbocycles. The number of aromatic nitrogens is 2. The molecule has 1 saturated heterocycles. The Kier molecular flexibility index (Phi) is 13.0. The van der Waals surface area contributed by atoms with Crippen molar-refractivity contribution in [2.24, 2.45) is 0 Å². The third-order valence-corrected chi connectivity index (χ3v) is 12.7. The highest BCUT2D eigenvalue weighted by molar-refractivity contribution is 7.93. The molecule has 0 saturated carbocycles. The molecule has 2 aromatic heterocycles. The monoisotopic (exact) mass is 798 g/mol. The number of amides is 1. The van der Waals surface area contributed by atoms with Crippen LogP contribution in [0.25, 0.3) is 0 Å². The Labute approximate surface area is 322 Å². The Balaban J connectivity index is 1.48. The summed E-state index contributed by atoms with van der Waals surface area (Å²) in [7, 11) is -7.51. The van der Waals surface area contributed by atoms with Crippen LogP contribution >= 0.6 is 0 Å². The van der Waals surface area contributed by atoms with Gasteiger partial charge in [-0.1, -0.05) is 38.1 Å². The van der Waals surface area contributed by atoms with Crippen LogP contribution in [0, 0.1) is 11.6 Å². The fraction of sp³-hybridized carbons (Fsp3) is 0.410. The first-order valence-electron chi connectivity index (χ1n) is 18.2. The van der Waals surface area contributed by atoms with Crippen molar-refractivity contribution in [2.45, 2.75) is 72.2 Å². The van der Waals surface area contributed by atoms with E-state index in [1.54, 1.807) is 75.9 Å². The lowest BCUT2D eigenvalue weighted by molar-refractivity contribution is 0.0212. The number of pyridine rings is 2. The molecular formula is C39H48F2N6O6S2. The number of carbonyl (C=O) groups excluding carboxylic acids is 1. The maximum absolute atomic E-state index is 13.6. The van der Waals surface area contributed by atoms with E-state index in [2.05, 4.69) is 0 Å². The summed E-state index contributed by atoms with van der Waals surface area (Å²) in [6, 6.07) is 17.5. The molecule has 1 amide bonds. The molecule has 3 heterocycles. The minimum Gasteiger partial charge on any atom is -0.444 e.